The standard InChI is InChI=1S/C13H21N3/c1-11(14)10-16-8-3-2-6-13(16)12-5-4-7-15-9-12/h4-5,7,9,11,13H,2-3,6,8,10,14H2,1H3. The average molecular weight is 219 g/mol. The molecule has 0 radical (unpaired) electrons. The lowest BCUT2D eigenvalue weighted by Gasteiger charge is -2.36. The highest BCUT2D eigenvalue weighted by molar-refractivity contribution is 5.14. The number of nitrogens with zero attached hydrogens (tertiary/aromatic N) is 2. The maximum absolute atomic E-state index is 5.91. The minimum atomic E-state index is 0.247. The van der Waals surface area contributed by atoms with Crippen LogP contribution in [0.5, 0.6) is 0 Å². The molecule has 88 valence electrons. The van der Waals surface area contributed by atoms with Crippen LogP contribution >= 0.6 is 0 Å². The van der Waals surface area contributed by atoms with Crippen LogP contribution < -0.4 is 5.73 Å². The summed E-state index contributed by atoms with van der Waals surface area (Å²) in [5.41, 5.74) is 7.24. The Morgan fingerprint density at radius 3 is 3.12 bits per heavy atom. The van der Waals surface area contributed by atoms with Gasteiger partial charge in [-0.2, -0.15) is 0 Å². The van der Waals surface area contributed by atoms with E-state index in [2.05, 4.69) is 22.9 Å². The van der Waals surface area contributed by atoms with Crippen LogP contribution in [0.2, 0.25) is 0 Å². The van der Waals surface area contributed by atoms with E-state index < -0.39 is 0 Å². The van der Waals surface area contributed by atoms with E-state index in [-0.39, 0.29) is 6.04 Å². The van der Waals surface area contributed by atoms with Gasteiger partial charge in [-0.15, -0.1) is 0 Å². The number of likely N-dealkylation sites (tertiary alicyclic amines) is 1. The molecule has 16 heavy (non-hydrogen) atoms. The number of hydrogen-bond donors (Lipinski definition) is 1. The quantitative estimate of drug-likeness (QED) is 0.845. The Bertz CT molecular complexity index is 310. The van der Waals surface area contributed by atoms with Crippen LogP contribution in [0.4, 0.5) is 0 Å². The van der Waals surface area contributed by atoms with Gasteiger partial charge in [0.1, 0.15) is 0 Å². The molecule has 1 aromatic rings. The molecule has 2 unspecified atom stereocenters. The summed E-state index contributed by atoms with van der Waals surface area (Å²) in [5, 5.41) is 0. The molecular formula is C13H21N3. The molecule has 0 saturated carbocycles. The van der Waals surface area contributed by atoms with Crippen molar-refractivity contribution in [2.75, 3.05) is 13.1 Å². The lowest BCUT2D eigenvalue weighted by molar-refractivity contribution is 0.142. The van der Waals surface area contributed by atoms with Crippen LogP contribution in [0.25, 0.3) is 0 Å². The van der Waals surface area contributed by atoms with Gasteiger partial charge in [-0.25, -0.2) is 0 Å². The van der Waals surface area contributed by atoms with Gasteiger partial charge in [0.25, 0.3) is 0 Å². The summed E-state index contributed by atoms with van der Waals surface area (Å²) in [6, 6.07) is 4.97. The SMILES string of the molecule is CC(N)CN1CCCCC1c1cccnc1. The molecule has 2 atom stereocenters. The topological polar surface area (TPSA) is 42.1 Å². The lowest BCUT2D eigenvalue weighted by Crippen LogP contribution is -2.40. The Kier molecular flexibility index (Phi) is 3.91. The lowest BCUT2D eigenvalue weighted by atomic mass is 9.96. The van der Waals surface area contributed by atoms with Gasteiger partial charge >= 0.3 is 0 Å². The molecule has 2 rings (SSSR count). The summed E-state index contributed by atoms with van der Waals surface area (Å²) in [6.07, 6.45) is 7.67. The van der Waals surface area contributed by atoms with E-state index in [1.807, 2.05) is 18.5 Å². The third-order valence-electron chi connectivity index (χ3n) is 3.21. The number of hydrogen-bond acceptors (Lipinski definition) is 3. The molecule has 1 aliphatic rings. The van der Waals surface area contributed by atoms with Crippen molar-refractivity contribution in [2.24, 2.45) is 5.73 Å². The predicted molar refractivity (Wildman–Crippen MR) is 66.1 cm³/mol. The van der Waals surface area contributed by atoms with Gasteiger partial charge in [0.2, 0.25) is 0 Å². The number of rotatable bonds is 3. The van der Waals surface area contributed by atoms with Gasteiger partial charge in [0.05, 0.1) is 0 Å². The maximum Gasteiger partial charge on any atom is 0.0364 e. The fourth-order valence-corrected chi connectivity index (χ4v) is 2.53. The molecule has 0 bridgehead atoms. The summed E-state index contributed by atoms with van der Waals surface area (Å²) < 4.78 is 0. The Hall–Kier alpha value is -0.930. The van der Waals surface area contributed by atoms with E-state index in [1.54, 1.807) is 0 Å². The third kappa shape index (κ3) is 2.80. The normalized spacial score (nSPS) is 24.2. The summed E-state index contributed by atoms with van der Waals surface area (Å²) in [5.74, 6) is 0. The van der Waals surface area contributed by atoms with Gasteiger partial charge in [0, 0.05) is 31.0 Å². The first kappa shape index (κ1) is 11.6. The van der Waals surface area contributed by atoms with Crippen LogP contribution in [0.15, 0.2) is 24.5 Å². The molecule has 0 aromatic carbocycles. The van der Waals surface area contributed by atoms with Crippen LogP contribution in [-0.2, 0) is 0 Å². The van der Waals surface area contributed by atoms with Crippen LogP contribution in [0.1, 0.15) is 37.8 Å². The van der Waals surface area contributed by atoms with Crippen molar-refractivity contribution in [3.05, 3.63) is 30.1 Å². The molecule has 0 amide bonds. The fourth-order valence-electron chi connectivity index (χ4n) is 2.53. The van der Waals surface area contributed by atoms with Gasteiger partial charge in [-0.05, 0) is 37.9 Å². The Morgan fingerprint density at radius 2 is 2.44 bits per heavy atom. The van der Waals surface area contributed by atoms with E-state index >= 15 is 0 Å². The highest BCUT2D eigenvalue weighted by Gasteiger charge is 2.24. The van der Waals surface area contributed by atoms with E-state index in [0.29, 0.717) is 6.04 Å². The first-order chi connectivity index (χ1) is 7.77. The number of nitrogens with two attached hydrogens (primary N) is 1. The highest BCUT2D eigenvalue weighted by Crippen LogP contribution is 2.30. The molecule has 3 heteroatoms. The van der Waals surface area contributed by atoms with Crippen LogP contribution in [0, 0.1) is 0 Å². The second-order valence-corrected chi connectivity index (χ2v) is 4.77. The van der Waals surface area contributed by atoms with E-state index in [0.717, 1.165) is 6.54 Å². The van der Waals surface area contributed by atoms with Crippen molar-refractivity contribution in [1.82, 2.24) is 9.88 Å². The first-order valence-corrected chi connectivity index (χ1v) is 6.17. The molecule has 1 aromatic heterocycles. The van der Waals surface area contributed by atoms with Crippen LogP contribution in [0.3, 0.4) is 0 Å². The van der Waals surface area contributed by atoms with Gasteiger partial charge in [0.15, 0.2) is 0 Å². The number of aromatic nitrogens is 1. The first-order valence-electron chi connectivity index (χ1n) is 6.17. The van der Waals surface area contributed by atoms with Crippen molar-refractivity contribution < 1.29 is 0 Å². The smallest absolute Gasteiger partial charge is 0.0364 e. The Labute approximate surface area is 97.7 Å². The average Bonchev–Trinajstić information content (AvgIpc) is 2.30. The van der Waals surface area contributed by atoms with Crippen molar-refractivity contribution in [3.8, 4) is 0 Å². The summed E-state index contributed by atoms with van der Waals surface area (Å²) >= 11 is 0. The fraction of sp³-hybridized carbons (Fsp3) is 0.615. The summed E-state index contributed by atoms with van der Waals surface area (Å²) in [6.45, 7) is 4.23. The minimum Gasteiger partial charge on any atom is -0.327 e. The van der Waals surface area contributed by atoms with Crippen molar-refractivity contribution in [2.45, 2.75) is 38.3 Å². The second kappa shape index (κ2) is 5.41. The minimum absolute atomic E-state index is 0.247. The zero-order valence-electron chi connectivity index (χ0n) is 9.97. The zero-order valence-corrected chi connectivity index (χ0v) is 9.97. The highest BCUT2D eigenvalue weighted by atomic mass is 15.2. The van der Waals surface area contributed by atoms with Crippen molar-refractivity contribution >= 4 is 0 Å². The molecule has 0 spiro atoms. The van der Waals surface area contributed by atoms with Gasteiger partial charge < -0.3 is 5.73 Å². The predicted octanol–water partition coefficient (Wildman–Crippen LogP) is 1.96. The van der Waals surface area contributed by atoms with E-state index in [9.17, 15) is 0 Å². The van der Waals surface area contributed by atoms with Gasteiger partial charge in [-0.3, -0.25) is 9.88 Å². The van der Waals surface area contributed by atoms with Crippen molar-refractivity contribution in [3.63, 3.8) is 0 Å². The number of piperidine rings is 1. The van der Waals surface area contributed by atoms with Crippen LogP contribution in [-0.4, -0.2) is 29.0 Å². The molecule has 2 N–H and O–H groups in total. The molecule has 3 nitrogen and oxygen atoms in total. The Morgan fingerprint density at radius 1 is 1.56 bits per heavy atom. The maximum atomic E-state index is 5.91. The van der Waals surface area contributed by atoms with Crippen molar-refractivity contribution in [1.29, 1.82) is 0 Å². The molecule has 0 aliphatic carbocycles. The van der Waals surface area contributed by atoms with Gasteiger partial charge in [-0.1, -0.05) is 12.5 Å². The molecular weight excluding hydrogens is 198 g/mol. The Balaban J connectivity index is 2.10. The monoisotopic (exact) mass is 219 g/mol. The van der Waals surface area contributed by atoms with E-state index in [1.165, 1.54) is 31.4 Å². The zero-order chi connectivity index (χ0) is 11.4. The van der Waals surface area contributed by atoms with E-state index in [4.69, 9.17) is 5.73 Å². The second-order valence-electron chi connectivity index (χ2n) is 4.77. The molecule has 2 heterocycles. The molecule has 1 saturated heterocycles. The molecule has 1 aliphatic heterocycles. The molecule has 1 fully saturated rings. The summed E-state index contributed by atoms with van der Waals surface area (Å²) in [7, 11) is 0. The third-order valence-corrected chi connectivity index (χ3v) is 3.21. The number of pyridine rings is 1. The summed E-state index contributed by atoms with van der Waals surface area (Å²) in [4.78, 5) is 6.72. The largest absolute Gasteiger partial charge is 0.327 e.